The number of hydrogen-bond donors (Lipinski definition) is 2. The highest BCUT2D eigenvalue weighted by molar-refractivity contribution is 5.87. The van der Waals surface area contributed by atoms with E-state index < -0.39 is 0 Å². The smallest absolute Gasteiger partial charge is 0.248 e. The third-order valence-electron chi connectivity index (χ3n) is 3.79. The number of amides is 1. The Kier molecular flexibility index (Phi) is 5.68. The molecule has 2 aromatic heterocycles. The number of halogens is 1. The Morgan fingerprint density at radius 1 is 1.30 bits per heavy atom. The highest BCUT2D eigenvalue weighted by Gasteiger charge is 2.15. The summed E-state index contributed by atoms with van der Waals surface area (Å²) in [5, 5.41) is 19.6. The molecule has 2 N–H and O–H groups in total. The first-order chi connectivity index (χ1) is 13.1. The first kappa shape index (κ1) is 18.4. The van der Waals surface area contributed by atoms with E-state index in [1.54, 1.807) is 24.4 Å². The predicted octanol–water partition coefficient (Wildman–Crippen LogP) is 2.27. The molecule has 1 aromatic carbocycles. The Balaban J connectivity index is 2.00. The quantitative estimate of drug-likeness (QED) is 0.621. The molecule has 0 saturated carbocycles. The van der Waals surface area contributed by atoms with Gasteiger partial charge in [-0.15, -0.1) is 10.2 Å². The molecule has 0 aliphatic rings. The largest absolute Gasteiger partial charge is 0.421 e. The normalized spacial score (nSPS) is 10.6. The van der Waals surface area contributed by atoms with Gasteiger partial charge in [-0.25, -0.2) is 4.39 Å². The molecule has 0 unspecified atom stereocenters. The molecule has 0 bridgehead atoms. The minimum atomic E-state index is -0.340. The number of nitrogens with one attached hydrogen (secondary N) is 1. The summed E-state index contributed by atoms with van der Waals surface area (Å²) >= 11 is 0. The number of carbonyl (C=O) groups excluding carboxylic acids is 1. The molecule has 7 nitrogen and oxygen atoms in total. The van der Waals surface area contributed by atoms with Crippen LogP contribution in [0.1, 0.15) is 11.5 Å². The van der Waals surface area contributed by atoms with Crippen molar-refractivity contribution in [3.05, 3.63) is 66.5 Å². The minimum Gasteiger partial charge on any atom is -0.421 e. The highest BCUT2D eigenvalue weighted by atomic mass is 19.1. The molecule has 138 valence electrons. The van der Waals surface area contributed by atoms with Gasteiger partial charge in [0.1, 0.15) is 5.82 Å². The lowest BCUT2D eigenvalue weighted by atomic mass is 10.0. The number of nitrogens with zero attached hydrogens (tertiary/aromatic N) is 3. The van der Waals surface area contributed by atoms with Gasteiger partial charge in [0.05, 0.1) is 12.3 Å². The van der Waals surface area contributed by atoms with E-state index in [9.17, 15) is 9.18 Å². The number of rotatable bonds is 7. The second-order valence-electron chi connectivity index (χ2n) is 5.63. The van der Waals surface area contributed by atoms with Gasteiger partial charge in [0.2, 0.25) is 17.7 Å². The number of pyridine rings is 1. The molecule has 0 atom stereocenters. The molecule has 0 aliphatic heterocycles. The second-order valence-corrected chi connectivity index (χ2v) is 5.63. The van der Waals surface area contributed by atoms with Gasteiger partial charge in [0.15, 0.2) is 0 Å². The third kappa shape index (κ3) is 4.42. The fourth-order valence-corrected chi connectivity index (χ4v) is 2.42. The molecule has 1 amide bonds. The molecule has 0 saturated heterocycles. The van der Waals surface area contributed by atoms with Crippen LogP contribution in [0, 0.1) is 5.82 Å². The lowest BCUT2D eigenvalue weighted by Crippen LogP contribution is -2.20. The summed E-state index contributed by atoms with van der Waals surface area (Å²) in [6, 6.07) is 7.66. The van der Waals surface area contributed by atoms with Crippen LogP contribution in [0.25, 0.3) is 22.7 Å². The summed E-state index contributed by atoms with van der Waals surface area (Å²) in [6.45, 7) is 3.49. The molecule has 0 fully saturated rings. The van der Waals surface area contributed by atoms with E-state index in [0.717, 1.165) is 5.56 Å². The van der Waals surface area contributed by atoms with Crippen LogP contribution in [-0.2, 0) is 17.8 Å². The van der Waals surface area contributed by atoms with Crippen LogP contribution in [0.4, 0.5) is 4.39 Å². The first-order valence-electron chi connectivity index (χ1n) is 8.19. The molecule has 3 aromatic rings. The summed E-state index contributed by atoms with van der Waals surface area (Å²) in [6.07, 6.45) is 3.00. The number of benzene rings is 1. The van der Waals surface area contributed by atoms with Crippen molar-refractivity contribution in [2.45, 2.75) is 13.0 Å². The number of aromatic nitrogens is 3. The van der Waals surface area contributed by atoms with E-state index >= 15 is 0 Å². The summed E-state index contributed by atoms with van der Waals surface area (Å²) in [5.41, 5.74) is 2.56. The Morgan fingerprint density at radius 2 is 2.07 bits per heavy atom. The maximum Gasteiger partial charge on any atom is 0.248 e. The third-order valence-corrected chi connectivity index (χ3v) is 3.79. The van der Waals surface area contributed by atoms with Crippen molar-refractivity contribution in [2.75, 3.05) is 6.61 Å². The fraction of sp³-hybridized carbons (Fsp3) is 0.158. The van der Waals surface area contributed by atoms with Crippen molar-refractivity contribution in [2.24, 2.45) is 0 Å². The van der Waals surface area contributed by atoms with Gasteiger partial charge in [-0.05, 0) is 36.4 Å². The van der Waals surface area contributed by atoms with E-state index in [-0.39, 0.29) is 37.2 Å². The Hall–Kier alpha value is -3.39. The molecule has 8 heteroatoms. The van der Waals surface area contributed by atoms with Crippen LogP contribution in [0.5, 0.6) is 0 Å². The summed E-state index contributed by atoms with van der Waals surface area (Å²) in [7, 11) is 0. The summed E-state index contributed by atoms with van der Waals surface area (Å²) in [4.78, 5) is 15.9. The number of aliphatic hydroxyl groups excluding tert-OH is 1. The fourth-order valence-electron chi connectivity index (χ4n) is 2.42. The van der Waals surface area contributed by atoms with E-state index in [4.69, 9.17) is 9.52 Å². The first-order valence-corrected chi connectivity index (χ1v) is 8.19. The SMILES string of the molecule is C=CC(=O)NCc1cnc(-c2ccc(F)cc2)cc1-c1nnc(CCO)o1. The van der Waals surface area contributed by atoms with Crippen molar-refractivity contribution >= 4 is 5.91 Å². The number of aliphatic hydroxyl groups is 1. The minimum absolute atomic E-state index is 0.110. The van der Waals surface area contributed by atoms with Gasteiger partial charge >= 0.3 is 0 Å². The van der Waals surface area contributed by atoms with E-state index in [2.05, 4.69) is 27.1 Å². The maximum atomic E-state index is 13.2. The van der Waals surface area contributed by atoms with E-state index in [1.807, 2.05) is 0 Å². The van der Waals surface area contributed by atoms with Gasteiger partial charge in [0, 0.05) is 35.9 Å². The van der Waals surface area contributed by atoms with Crippen LogP contribution >= 0.6 is 0 Å². The van der Waals surface area contributed by atoms with Gasteiger partial charge in [-0.3, -0.25) is 9.78 Å². The highest BCUT2D eigenvalue weighted by Crippen LogP contribution is 2.27. The number of hydrogen-bond acceptors (Lipinski definition) is 6. The summed E-state index contributed by atoms with van der Waals surface area (Å²) in [5.74, 6) is -0.121. The molecule has 0 spiro atoms. The topological polar surface area (TPSA) is 101 Å². The van der Waals surface area contributed by atoms with Crippen molar-refractivity contribution in [3.63, 3.8) is 0 Å². The lowest BCUT2D eigenvalue weighted by molar-refractivity contribution is -0.116. The Labute approximate surface area is 154 Å². The number of carbonyl (C=O) groups is 1. The monoisotopic (exact) mass is 368 g/mol. The van der Waals surface area contributed by atoms with Crippen LogP contribution in [0.3, 0.4) is 0 Å². The standard InChI is InChI=1S/C19H17FN4O3/c1-2-17(26)22-11-13-10-21-16(12-3-5-14(20)6-4-12)9-15(13)19-24-23-18(27-19)7-8-25/h2-6,9-10,25H,1,7-8,11H2,(H,22,26). The van der Waals surface area contributed by atoms with Gasteiger partial charge in [-0.1, -0.05) is 6.58 Å². The van der Waals surface area contributed by atoms with Gasteiger partial charge in [0.25, 0.3) is 0 Å². The van der Waals surface area contributed by atoms with Crippen molar-refractivity contribution < 1.29 is 18.7 Å². The van der Waals surface area contributed by atoms with Crippen molar-refractivity contribution in [3.8, 4) is 22.7 Å². The molecule has 0 aliphatic carbocycles. The molecule has 2 heterocycles. The van der Waals surface area contributed by atoms with Crippen LogP contribution in [0.15, 0.2) is 53.6 Å². The molecular weight excluding hydrogens is 351 g/mol. The zero-order valence-electron chi connectivity index (χ0n) is 14.4. The Morgan fingerprint density at radius 3 is 2.78 bits per heavy atom. The summed E-state index contributed by atoms with van der Waals surface area (Å²) < 4.78 is 18.8. The molecule has 0 radical (unpaired) electrons. The zero-order valence-corrected chi connectivity index (χ0v) is 14.4. The Bertz CT molecular complexity index is 954. The molecule has 3 rings (SSSR count). The predicted molar refractivity (Wildman–Crippen MR) is 95.8 cm³/mol. The zero-order chi connectivity index (χ0) is 19.2. The average Bonchev–Trinajstić information content (AvgIpc) is 3.15. The van der Waals surface area contributed by atoms with Crippen LogP contribution in [-0.4, -0.2) is 32.8 Å². The van der Waals surface area contributed by atoms with Crippen molar-refractivity contribution in [1.29, 1.82) is 0 Å². The average molecular weight is 368 g/mol. The lowest BCUT2D eigenvalue weighted by Gasteiger charge is -2.09. The van der Waals surface area contributed by atoms with E-state index in [1.165, 1.54) is 18.2 Å². The second kappa shape index (κ2) is 8.33. The maximum absolute atomic E-state index is 13.2. The van der Waals surface area contributed by atoms with Crippen molar-refractivity contribution in [1.82, 2.24) is 20.5 Å². The van der Waals surface area contributed by atoms with Crippen LogP contribution < -0.4 is 5.32 Å². The molecule has 27 heavy (non-hydrogen) atoms. The van der Waals surface area contributed by atoms with E-state index in [0.29, 0.717) is 22.7 Å². The van der Waals surface area contributed by atoms with Gasteiger partial charge in [-0.2, -0.15) is 0 Å². The molecular formula is C19H17FN4O3. The van der Waals surface area contributed by atoms with Crippen LogP contribution in [0.2, 0.25) is 0 Å². The van der Waals surface area contributed by atoms with Gasteiger partial charge < -0.3 is 14.8 Å².